The number of carbonyl (C=O) groups excluding carboxylic acids is 4. The van der Waals surface area contributed by atoms with Gasteiger partial charge in [-0.1, -0.05) is 72.6 Å². The Bertz CT molecular complexity index is 1040. The summed E-state index contributed by atoms with van der Waals surface area (Å²) < 4.78 is 12.1. The van der Waals surface area contributed by atoms with E-state index < -0.39 is 66.2 Å². The molecule has 9 N–H and O–H groups in total. The molecule has 51 heavy (non-hydrogen) atoms. The average Bonchev–Trinajstić information content (AvgIpc) is 3.11. The predicted molar refractivity (Wildman–Crippen MR) is 198 cm³/mol. The highest BCUT2D eigenvalue weighted by molar-refractivity contribution is 5.93. The molecule has 0 radical (unpaired) electrons. The first-order valence-corrected chi connectivity index (χ1v) is 19.6. The van der Waals surface area contributed by atoms with Crippen molar-refractivity contribution < 1.29 is 33.8 Å². The van der Waals surface area contributed by atoms with Crippen LogP contribution in [0.15, 0.2) is 0 Å². The number of hydrogen-bond donors (Lipinski definition) is 7. The maximum absolute atomic E-state index is 14.2. The van der Waals surface area contributed by atoms with Crippen LogP contribution in [0.4, 0.5) is 0 Å². The van der Waals surface area contributed by atoms with E-state index in [0.29, 0.717) is 32.4 Å². The number of hydrogen-bond acceptors (Lipinski definition) is 10. The van der Waals surface area contributed by atoms with Crippen molar-refractivity contribution in [1.82, 2.24) is 26.2 Å². The lowest BCUT2D eigenvalue weighted by molar-refractivity contribution is -0.146. The number of aliphatic hydroxyl groups is 1. The molecule has 2 fully saturated rings. The third-order valence-electron chi connectivity index (χ3n) is 10.2. The van der Waals surface area contributed by atoms with Crippen LogP contribution in [0.5, 0.6) is 0 Å². The molecule has 0 aromatic carbocycles. The van der Waals surface area contributed by atoms with E-state index >= 15 is 0 Å². The maximum Gasteiger partial charge on any atom is 0.245 e. The van der Waals surface area contributed by atoms with Crippen LogP contribution >= 0.6 is 0 Å². The van der Waals surface area contributed by atoms with Crippen molar-refractivity contribution in [2.45, 2.75) is 154 Å². The zero-order valence-electron chi connectivity index (χ0n) is 32.3. The van der Waals surface area contributed by atoms with E-state index in [1.54, 1.807) is 18.9 Å². The second kappa shape index (κ2) is 24.1. The number of nitrogens with one attached hydrogen (secondary N) is 4. The molecule has 1 saturated carbocycles. The van der Waals surface area contributed by atoms with Gasteiger partial charge in [0, 0.05) is 26.2 Å². The van der Waals surface area contributed by atoms with Gasteiger partial charge in [-0.2, -0.15) is 0 Å². The van der Waals surface area contributed by atoms with Gasteiger partial charge in [-0.15, -0.1) is 0 Å². The van der Waals surface area contributed by atoms with E-state index in [1.165, 1.54) is 0 Å². The van der Waals surface area contributed by atoms with Crippen molar-refractivity contribution in [2.24, 2.45) is 29.2 Å². The first-order chi connectivity index (χ1) is 24.3. The lowest BCUT2D eigenvalue weighted by Gasteiger charge is -2.39. The molecule has 1 aliphatic carbocycles. The minimum atomic E-state index is -1.22. The molecule has 1 saturated heterocycles. The summed E-state index contributed by atoms with van der Waals surface area (Å²) in [6.07, 6.45) is 8.63. The molecule has 0 aromatic heterocycles. The van der Waals surface area contributed by atoms with Crippen LogP contribution in [0, 0.1) is 17.8 Å². The van der Waals surface area contributed by atoms with Gasteiger partial charge in [0.1, 0.15) is 18.3 Å². The molecule has 14 nitrogen and oxygen atoms in total. The number of carbonyl (C=O) groups is 4. The Balaban J connectivity index is 2.53. The Labute approximate surface area is 306 Å². The van der Waals surface area contributed by atoms with Crippen LogP contribution in [0.2, 0.25) is 0 Å². The van der Waals surface area contributed by atoms with Crippen molar-refractivity contribution in [2.75, 3.05) is 40.0 Å². The van der Waals surface area contributed by atoms with E-state index in [4.69, 9.17) is 20.9 Å². The second-order valence-electron chi connectivity index (χ2n) is 15.1. The number of amides is 4. The van der Waals surface area contributed by atoms with Crippen molar-refractivity contribution in [3.63, 3.8) is 0 Å². The SMILES string of the molecule is CCCCCC[C@H]1OC[C@@H](C)NC(=O)[C@H](COCCCN)NC(=O)[C@H](CN)NC(=O)[C@H](C2CCCCC2)NC(O)[C@H](CC(C)C)N(C)C(=O)[C@@H]1C. The van der Waals surface area contributed by atoms with Crippen molar-refractivity contribution in [1.29, 1.82) is 0 Å². The average molecular weight is 726 g/mol. The lowest BCUT2D eigenvalue weighted by atomic mass is 9.83. The molecule has 1 unspecified atom stereocenters. The first kappa shape index (κ1) is 44.8. The summed E-state index contributed by atoms with van der Waals surface area (Å²) in [7, 11) is 1.70. The quantitative estimate of drug-likeness (QED) is 0.128. The minimum Gasteiger partial charge on any atom is -0.379 e. The zero-order valence-corrected chi connectivity index (χ0v) is 32.3. The number of likely N-dealkylation sites (N-methyl/N-ethyl adjacent to an activating group) is 1. The van der Waals surface area contributed by atoms with Gasteiger partial charge in [0.25, 0.3) is 0 Å². The number of rotatable bonds is 14. The van der Waals surface area contributed by atoms with Crippen LogP contribution in [0.1, 0.15) is 112 Å². The third kappa shape index (κ3) is 15.3. The lowest BCUT2D eigenvalue weighted by Crippen LogP contribution is -2.63. The van der Waals surface area contributed by atoms with Crippen LogP contribution < -0.4 is 32.7 Å². The Morgan fingerprint density at radius 1 is 0.922 bits per heavy atom. The van der Waals surface area contributed by atoms with Gasteiger partial charge in [-0.3, -0.25) is 24.5 Å². The molecule has 4 amide bonds. The smallest absolute Gasteiger partial charge is 0.245 e. The van der Waals surface area contributed by atoms with Gasteiger partial charge in [0.2, 0.25) is 23.6 Å². The van der Waals surface area contributed by atoms with Crippen molar-refractivity contribution in [3.8, 4) is 0 Å². The van der Waals surface area contributed by atoms with Gasteiger partial charge in [-0.25, -0.2) is 0 Å². The molecule has 2 rings (SSSR count). The first-order valence-electron chi connectivity index (χ1n) is 19.6. The molecule has 1 heterocycles. The molecule has 14 heteroatoms. The molecule has 296 valence electrons. The standard InChI is InChI=1S/C37H71N7O7/c1-7-8-9-13-17-31-26(5)37(49)44(6)30(20-24(2)3)35(47)43-32(27-15-11-10-12-16-27)36(48)41-28(21-39)33(45)42-29(23-50-19-14-18-38)34(46)40-25(4)22-51-31/h24-32,35,43,47H,7-23,38-39H2,1-6H3,(H,40,46)(H,41,48)(H,42,45)/t25-,26-,28+,29+,30+,31-,32+,35?/m1/s1. The normalized spacial score (nSPS) is 30.3. The van der Waals surface area contributed by atoms with Gasteiger partial charge in [0.05, 0.1) is 37.3 Å². The van der Waals surface area contributed by atoms with E-state index in [2.05, 4.69) is 28.2 Å². The summed E-state index contributed by atoms with van der Waals surface area (Å²) >= 11 is 0. The molecule has 8 atom stereocenters. The summed E-state index contributed by atoms with van der Waals surface area (Å²) in [5.74, 6) is -2.22. The summed E-state index contributed by atoms with van der Waals surface area (Å²) in [4.78, 5) is 56.9. The maximum atomic E-state index is 14.2. The van der Waals surface area contributed by atoms with E-state index in [9.17, 15) is 24.3 Å². The van der Waals surface area contributed by atoms with E-state index in [1.807, 2.05) is 20.8 Å². The Kier molecular flexibility index (Phi) is 21.1. The largest absolute Gasteiger partial charge is 0.379 e. The molecular formula is C37H71N7O7. The molecule has 0 aromatic rings. The fraction of sp³-hybridized carbons (Fsp3) is 0.892. The van der Waals surface area contributed by atoms with E-state index in [0.717, 1.165) is 57.8 Å². The molecule has 0 bridgehead atoms. The Morgan fingerprint density at radius 3 is 2.22 bits per heavy atom. The van der Waals surface area contributed by atoms with Crippen molar-refractivity contribution >= 4 is 23.6 Å². The number of unbranched alkanes of at least 4 members (excludes halogenated alkanes) is 3. The molecular weight excluding hydrogens is 654 g/mol. The fourth-order valence-electron chi connectivity index (χ4n) is 7.05. The number of aliphatic hydroxyl groups excluding tert-OH is 1. The molecule has 1 aliphatic heterocycles. The van der Waals surface area contributed by atoms with Crippen LogP contribution in [-0.2, 0) is 28.7 Å². The van der Waals surface area contributed by atoms with Crippen LogP contribution in [0.3, 0.4) is 0 Å². The summed E-state index contributed by atoms with van der Waals surface area (Å²) in [5, 5.41) is 23.5. The number of ether oxygens (including phenoxy) is 2. The second-order valence-corrected chi connectivity index (χ2v) is 15.1. The van der Waals surface area contributed by atoms with Gasteiger partial charge < -0.3 is 46.9 Å². The minimum absolute atomic E-state index is 0.0968. The van der Waals surface area contributed by atoms with Gasteiger partial charge >= 0.3 is 0 Å². The van der Waals surface area contributed by atoms with Crippen molar-refractivity contribution in [3.05, 3.63) is 0 Å². The Hall–Kier alpha value is -2.36. The molecule has 2 aliphatic rings. The third-order valence-corrected chi connectivity index (χ3v) is 10.2. The molecule has 0 spiro atoms. The highest BCUT2D eigenvalue weighted by Gasteiger charge is 2.39. The fourth-order valence-corrected chi connectivity index (χ4v) is 7.05. The van der Waals surface area contributed by atoms with Crippen LogP contribution in [0.25, 0.3) is 0 Å². The summed E-state index contributed by atoms with van der Waals surface area (Å²) in [6.45, 7) is 10.4. The highest BCUT2D eigenvalue weighted by atomic mass is 16.5. The summed E-state index contributed by atoms with van der Waals surface area (Å²) in [6, 6.07) is -4.14. The highest BCUT2D eigenvalue weighted by Crippen LogP contribution is 2.28. The zero-order chi connectivity index (χ0) is 37.9. The topological polar surface area (TPSA) is 210 Å². The predicted octanol–water partition coefficient (Wildman–Crippen LogP) is 1.52. The Morgan fingerprint density at radius 2 is 1.59 bits per heavy atom. The summed E-state index contributed by atoms with van der Waals surface area (Å²) in [5.41, 5.74) is 11.6. The van der Waals surface area contributed by atoms with Gasteiger partial charge in [-0.05, 0) is 57.4 Å². The van der Waals surface area contributed by atoms with E-state index in [-0.39, 0.29) is 37.5 Å². The van der Waals surface area contributed by atoms with Crippen LogP contribution in [-0.4, -0.2) is 116 Å². The van der Waals surface area contributed by atoms with Gasteiger partial charge in [0.15, 0.2) is 0 Å². The number of nitrogens with two attached hydrogens (primary N) is 2. The monoisotopic (exact) mass is 726 g/mol. The number of nitrogens with zero attached hydrogens (tertiary/aromatic N) is 1.